The van der Waals surface area contributed by atoms with Crippen LogP contribution in [0.2, 0.25) is 0 Å². The second-order valence-electron chi connectivity index (χ2n) is 3.88. The van der Waals surface area contributed by atoms with E-state index in [1.54, 1.807) is 24.7 Å². The predicted octanol–water partition coefficient (Wildman–Crippen LogP) is 1.16. The number of allylic oxidation sites excluding steroid dienone is 2. The first-order valence-corrected chi connectivity index (χ1v) is 5.46. The monoisotopic (exact) mass is 227 g/mol. The van der Waals surface area contributed by atoms with Crippen LogP contribution in [0, 0.1) is 11.3 Å². The highest BCUT2D eigenvalue weighted by Gasteiger charge is 2.18. The maximum atomic E-state index is 8.92. The van der Waals surface area contributed by atoms with Gasteiger partial charge >= 0.3 is 0 Å². The van der Waals surface area contributed by atoms with E-state index in [9.17, 15) is 0 Å². The second kappa shape index (κ2) is 5.21. The summed E-state index contributed by atoms with van der Waals surface area (Å²) in [6, 6.07) is 3.84. The molecule has 2 N–H and O–H groups in total. The molecule has 1 atom stereocenters. The summed E-state index contributed by atoms with van der Waals surface area (Å²) in [4.78, 5) is 12.6. The van der Waals surface area contributed by atoms with Crippen molar-refractivity contribution in [3.05, 3.63) is 35.6 Å². The summed E-state index contributed by atoms with van der Waals surface area (Å²) >= 11 is 0. The SMILES string of the molecule is N#CC1=C(N)CC(c2ncccn2)CCN=C1. The van der Waals surface area contributed by atoms with Gasteiger partial charge in [-0.25, -0.2) is 9.97 Å². The van der Waals surface area contributed by atoms with Gasteiger partial charge in [-0.15, -0.1) is 0 Å². The molecule has 0 aliphatic carbocycles. The highest BCUT2D eigenvalue weighted by atomic mass is 14.9. The molecular formula is C12H13N5. The number of hydrogen-bond acceptors (Lipinski definition) is 5. The van der Waals surface area contributed by atoms with Gasteiger partial charge in [-0.2, -0.15) is 5.26 Å². The van der Waals surface area contributed by atoms with Gasteiger partial charge in [0.15, 0.2) is 0 Å². The highest BCUT2D eigenvalue weighted by molar-refractivity contribution is 5.84. The van der Waals surface area contributed by atoms with E-state index in [4.69, 9.17) is 11.0 Å². The Kier molecular flexibility index (Phi) is 3.46. The van der Waals surface area contributed by atoms with Gasteiger partial charge in [0, 0.05) is 36.8 Å². The second-order valence-corrected chi connectivity index (χ2v) is 3.88. The van der Waals surface area contributed by atoms with Gasteiger partial charge in [0.25, 0.3) is 0 Å². The highest BCUT2D eigenvalue weighted by Crippen LogP contribution is 2.24. The number of nitriles is 1. The quantitative estimate of drug-likeness (QED) is 0.779. The fraction of sp³-hybridized carbons (Fsp3) is 0.333. The molecule has 0 spiro atoms. The number of aliphatic imine (C=N–C) groups is 1. The predicted molar refractivity (Wildman–Crippen MR) is 64.2 cm³/mol. The van der Waals surface area contributed by atoms with Crippen molar-refractivity contribution in [2.45, 2.75) is 18.8 Å². The van der Waals surface area contributed by atoms with Gasteiger partial charge in [0.2, 0.25) is 0 Å². The summed E-state index contributed by atoms with van der Waals surface area (Å²) in [6.07, 6.45) is 6.45. The molecule has 0 aromatic carbocycles. The van der Waals surface area contributed by atoms with Crippen molar-refractivity contribution >= 4 is 6.21 Å². The van der Waals surface area contributed by atoms with E-state index in [1.165, 1.54) is 0 Å². The van der Waals surface area contributed by atoms with Crippen LogP contribution in [-0.2, 0) is 0 Å². The minimum atomic E-state index is 0.136. The van der Waals surface area contributed by atoms with Crippen LogP contribution in [0.3, 0.4) is 0 Å². The maximum absolute atomic E-state index is 8.92. The molecule has 1 aliphatic rings. The van der Waals surface area contributed by atoms with E-state index >= 15 is 0 Å². The molecule has 0 radical (unpaired) electrons. The lowest BCUT2D eigenvalue weighted by Gasteiger charge is -2.16. The number of aromatic nitrogens is 2. The standard InChI is InChI=1S/C12H13N5/c13-7-10-8-15-5-2-9(6-11(10)14)12-16-3-1-4-17-12/h1,3-4,8-9H,2,5-6,14H2. The molecule has 0 bridgehead atoms. The molecule has 0 saturated heterocycles. The largest absolute Gasteiger partial charge is 0.401 e. The molecule has 1 unspecified atom stereocenters. The third kappa shape index (κ3) is 2.67. The van der Waals surface area contributed by atoms with Gasteiger partial charge in [-0.05, 0) is 18.9 Å². The third-order valence-corrected chi connectivity index (χ3v) is 2.71. The van der Waals surface area contributed by atoms with Crippen LogP contribution in [0.4, 0.5) is 0 Å². The van der Waals surface area contributed by atoms with E-state index in [-0.39, 0.29) is 5.92 Å². The minimum absolute atomic E-state index is 0.136. The molecular weight excluding hydrogens is 214 g/mol. The Morgan fingerprint density at radius 3 is 2.82 bits per heavy atom. The van der Waals surface area contributed by atoms with Crippen LogP contribution in [-0.4, -0.2) is 22.7 Å². The molecule has 2 heterocycles. The molecule has 0 fully saturated rings. The molecule has 5 nitrogen and oxygen atoms in total. The molecule has 17 heavy (non-hydrogen) atoms. The normalized spacial score (nSPS) is 20.5. The van der Waals surface area contributed by atoms with Crippen LogP contribution in [0.25, 0.3) is 0 Å². The summed E-state index contributed by atoms with van der Waals surface area (Å²) in [6.45, 7) is 0.668. The lowest BCUT2D eigenvalue weighted by molar-refractivity contribution is 0.586. The lowest BCUT2D eigenvalue weighted by Crippen LogP contribution is -2.14. The van der Waals surface area contributed by atoms with Crippen molar-refractivity contribution in [1.29, 1.82) is 5.26 Å². The van der Waals surface area contributed by atoms with E-state index in [1.807, 2.05) is 0 Å². The van der Waals surface area contributed by atoms with Crippen LogP contribution in [0.15, 0.2) is 34.7 Å². The van der Waals surface area contributed by atoms with Gasteiger partial charge in [-0.3, -0.25) is 4.99 Å². The fourth-order valence-electron chi connectivity index (χ4n) is 1.79. The summed E-state index contributed by atoms with van der Waals surface area (Å²) in [5, 5.41) is 8.92. The molecule has 1 aromatic heterocycles. The van der Waals surface area contributed by atoms with E-state index < -0.39 is 0 Å². The van der Waals surface area contributed by atoms with Gasteiger partial charge < -0.3 is 5.73 Å². The number of nitrogens with zero attached hydrogens (tertiary/aromatic N) is 4. The first kappa shape index (κ1) is 11.3. The van der Waals surface area contributed by atoms with Crippen molar-refractivity contribution in [3.8, 4) is 6.07 Å². The average Bonchev–Trinajstić information content (AvgIpc) is 2.35. The van der Waals surface area contributed by atoms with Gasteiger partial charge in [0.1, 0.15) is 11.9 Å². The molecule has 0 saturated carbocycles. The summed E-state index contributed by atoms with van der Waals surface area (Å²) < 4.78 is 0. The Hall–Kier alpha value is -2.22. The zero-order chi connectivity index (χ0) is 12.1. The fourth-order valence-corrected chi connectivity index (χ4v) is 1.79. The molecule has 2 rings (SSSR count). The number of rotatable bonds is 1. The van der Waals surface area contributed by atoms with Crippen LogP contribution in [0.1, 0.15) is 24.6 Å². The Bertz CT molecular complexity index is 483. The van der Waals surface area contributed by atoms with E-state index in [2.05, 4.69) is 21.0 Å². The summed E-state index contributed by atoms with van der Waals surface area (Å²) in [7, 11) is 0. The number of hydrogen-bond donors (Lipinski definition) is 1. The van der Waals surface area contributed by atoms with Crippen molar-refractivity contribution in [3.63, 3.8) is 0 Å². The number of nitrogens with two attached hydrogens (primary N) is 1. The Morgan fingerprint density at radius 1 is 1.35 bits per heavy atom. The maximum Gasteiger partial charge on any atom is 0.131 e. The third-order valence-electron chi connectivity index (χ3n) is 2.71. The van der Waals surface area contributed by atoms with Crippen molar-refractivity contribution in [1.82, 2.24) is 9.97 Å². The Morgan fingerprint density at radius 2 is 2.12 bits per heavy atom. The Labute approximate surface area is 99.7 Å². The molecule has 0 amide bonds. The molecule has 86 valence electrons. The zero-order valence-electron chi connectivity index (χ0n) is 9.37. The summed E-state index contributed by atoms with van der Waals surface area (Å²) in [5.41, 5.74) is 6.91. The van der Waals surface area contributed by atoms with Gasteiger partial charge in [0.05, 0.1) is 5.57 Å². The molecule has 5 heteroatoms. The van der Waals surface area contributed by atoms with Crippen LogP contribution >= 0.6 is 0 Å². The van der Waals surface area contributed by atoms with E-state index in [0.717, 1.165) is 12.2 Å². The first-order chi connectivity index (χ1) is 8.31. The van der Waals surface area contributed by atoms with Crippen LogP contribution < -0.4 is 5.73 Å². The zero-order valence-corrected chi connectivity index (χ0v) is 9.37. The van der Waals surface area contributed by atoms with Crippen molar-refractivity contribution < 1.29 is 0 Å². The molecule has 1 aromatic rings. The first-order valence-electron chi connectivity index (χ1n) is 5.46. The van der Waals surface area contributed by atoms with E-state index in [0.29, 0.717) is 24.2 Å². The smallest absolute Gasteiger partial charge is 0.131 e. The summed E-state index contributed by atoms with van der Waals surface area (Å²) in [5.74, 6) is 0.904. The van der Waals surface area contributed by atoms with Crippen molar-refractivity contribution in [2.24, 2.45) is 10.7 Å². The van der Waals surface area contributed by atoms with Crippen LogP contribution in [0.5, 0.6) is 0 Å². The Balaban J connectivity index is 2.26. The van der Waals surface area contributed by atoms with Gasteiger partial charge in [-0.1, -0.05) is 0 Å². The lowest BCUT2D eigenvalue weighted by atomic mass is 9.96. The molecule has 1 aliphatic heterocycles. The topological polar surface area (TPSA) is 88.0 Å². The average molecular weight is 227 g/mol. The van der Waals surface area contributed by atoms with Crippen molar-refractivity contribution in [2.75, 3.05) is 6.54 Å². The minimum Gasteiger partial charge on any atom is -0.401 e.